The number of fused-ring (bicyclic) bond motifs is 1. The minimum absolute atomic E-state index is 0.313. The maximum absolute atomic E-state index is 12.2. The Hall–Kier alpha value is -3.93. The highest BCUT2D eigenvalue weighted by molar-refractivity contribution is 6.00. The Morgan fingerprint density at radius 3 is 2.60 bits per heavy atom. The SMILES string of the molecule is CCOC(=O)c1cccnc1Nc1ccc(-c2ccc(OC)c3cnccc23)cc1. The first kappa shape index (κ1) is 19.4. The number of carbonyl (C=O) groups is 1. The standard InChI is InChI=1S/C24H21N3O3/c1-3-30-24(28)20-5-4-13-26-23(20)27-17-8-6-16(7-9-17)18-10-11-22(29-2)21-15-25-14-12-19(18)21/h4-15H,3H2,1-2H3,(H,26,27). The number of aromatic nitrogens is 2. The molecular formula is C24H21N3O3. The molecule has 2 heterocycles. The lowest BCUT2D eigenvalue weighted by molar-refractivity contribution is 0.0527. The van der Waals surface area contributed by atoms with Gasteiger partial charge in [0.2, 0.25) is 0 Å². The van der Waals surface area contributed by atoms with Crippen LogP contribution in [-0.4, -0.2) is 29.7 Å². The number of nitrogens with one attached hydrogen (secondary N) is 1. The number of ether oxygens (including phenoxy) is 2. The molecule has 6 heteroatoms. The molecule has 0 aliphatic rings. The van der Waals surface area contributed by atoms with Gasteiger partial charge in [0, 0.05) is 29.7 Å². The third kappa shape index (κ3) is 3.80. The summed E-state index contributed by atoms with van der Waals surface area (Å²) < 4.78 is 10.6. The molecule has 4 rings (SSSR count). The van der Waals surface area contributed by atoms with E-state index in [1.54, 1.807) is 38.6 Å². The summed E-state index contributed by atoms with van der Waals surface area (Å²) in [5.41, 5.74) is 3.37. The van der Waals surface area contributed by atoms with E-state index in [1.807, 2.05) is 48.7 Å². The highest BCUT2D eigenvalue weighted by atomic mass is 16.5. The fourth-order valence-corrected chi connectivity index (χ4v) is 3.34. The smallest absolute Gasteiger partial charge is 0.341 e. The Kier molecular flexibility index (Phi) is 5.57. The first-order valence-corrected chi connectivity index (χ1v) is 9.61. The zero-order valence-corrected chi connectivity index (χ0v) is 16.8. The van der Waals surface area contributed by atoms with E-state index < -0.39 is 5.97 Å². The highest BCUT2D eigenvalue weighted by Gasteiger charge is 2.14. The van der Waals surface area contributed by atoms with E-state index >= 15 is 0 Å². The van der Waals surface area contributed by atoms with Gasteiger partial charge in [0.1, 0.15) is 17.1 Å². The van der Waals surface area contributed by atoms with Crippen LogP contribution in [0.4, 0.5) is 11.5 Å². The molecule has 4 aromatic rings. The Balaban J connectivity index is 1.64. The van der Waals surface area contributed by atoms with Crippen LogP contribution in [0.3, 0.4) is 0 Å². The molecule has 0 radical (unpaired) electrons. The van der Waals surface area contributed by atoms with Crippen LogP contribution in [0.5, 0.6) is 5.75 Å². The van der Waals surface area contributed by atoms with Gasteiger partial charge in [-0.2, -0.15) is 0 Å². The summed E-state index contributed by atoms with van der Waals surface area (Å²) in [4.78, 5) is 20.7. The van der Waals surface area contributed by atoms with Crippen molar-refractivity contribution >= 4 is 28.2 Å². The number of methoxy groups -OCH3 is 1. The minimum atomic E-state index is -0.400. The molecule has 0 atom stereocenters. The van der Waals surface area contributed by atoms with Crippen LogP contribution in [0, 0.1) is 0 Å². The molecule has 0 amide bonds. The van der Waals surface area contributed by atoms with Gasteiger partial charge in [-0.05, 0) is 59.8 Å². The van der Waals surface area contributed by atoms with E-state index in [9.17, 15) is 4.79 Å². The van der Waals surface area contributed by atoms with Crippen molar-refractivity contribution < 1.29 is 14.3 Å². The van der Waals surface area contributed by atoms with Crippen molar-refractivity contribution in [2.75, 3.05) is 19.0 Å². The maximum Gasteiger partial charge on any atom is 0.341 e. The van der Waals surface area contributed by atoms with Crippen LogP contribution >= 0.6 is 0 Å². The zero-order valence-electron chi connectivity index (χ0n) is 16.8. The number of hydrogen-bond donors (Lipinski definition) is 1. The second-order valence-electron chi connectivity index (χ2n) is 6.56. The summed E-state index contributed by atoms with van der Waals surface area (Å²) in [7, 11) is 1.66. The molecular weight excluding hydrogens is 378 g/mol. The number of benzene rings is 2. The van der Waals surface area contributed by atoms with Gasteiger partial charge < -0.3 is 14.8 Å². The summed E-state index contributed by atoms with van der Waals surface area (Å²) >= 11 is 0. The molecule has 6 nitrogen and oxygen atoms in total. The van der Waals surface area contributed by atoms with Gasteiger partial charge >= 0.3 is 5.97 Å². The van der Waals surface area contributed by atoms with E-state index in [4.69, 9.17) is 9.47 Å². The molecule has 150 valence electrons. The molecule has 2 aromatic carbocycles. The average molecular weight is 399 g/mol. The van der Waals surface area contributed by atoms with Gasteiger partial charge in [0.25, 0.3) is 0 Å². The molecule has 0 aliphatic heterocycles. The number of pyridine rings is 2. The largest absolute Gasteiger partial charge is 0.496 e. The number of carbonyl (C=O) groups excluding carboxylic acids is 1. The van der Waals surface area contributed by atoms with Gasteiger partial charge in [0.05, 0.1) is 13.7 Å². The predicted octanol–water partition coefficient (Wildman–Crippen LogP) is 5.23. The lowest BCUT2D eigenvalue weighted by Crippen LogP contribution is -2.09. The molecule has 0 bridgehead atoms. The van der Waals surface area contributed by atoms with E-state index in [2.05, 4.69) is 15.3 Å². The van der Waals surface area contributed by atoms with Gasteiger partial charge in [-0.25, -0.2) is 9.78 Å². The van der Waals surface area contributed by atoms with Crippen molar-refractivity contribution in [1.82, 2.24) is 9.97 Å². The predicted molar refractivity (Wildman–Crippen MR) is 117 cm³/mol. The summed E-state index contributed by atoms with van der Waals surface area (Å²) in [5.74, 6) is 0.856. The van der Waals surface area contributed by atoms with Crippen LogP contribution in [0.1, 0.15) is 17.3 Å². The first-order valence-electron chi connectivity index (χ1n) is 9.61. The number of anilines is 2. The van der Waals surface area contributed by atoms with E-state index in [0.29, 0.717) is 18.0 Å². The molecule has 30 heavy (non-hydrogen) atoms. The first-order chi connectivity index (χ1) is 14.7. The van der Waals surface area contributed by atoms with Crippen molar-refractivity contribution in [2.24, 2.45) is 0 Å². The molecule has 2 aromatic heterocycles. The number of esters is 1. The second kappa shape index (κ2) is 8.61. The van der Waals surface area contributed by atoms with Crippen molar-refractivity contribution in [1.29, 1.82) is 0 Å². The van der Waals surface area contributed by atoms with Crippen LogP contribution in [0.25, 0.3) is 21.9 Å². The van der Waals surface area contributed by atoms with Gasteiger partial charge in [-0.1, -0.05) is 18.2 Å². The average Bonchev–Trinajstić information content (AvgIpc) is 2.79. The Morgan fingerprint density at radius 1 is 1.00 bits per heavy atom. The summed E-state index contributed by atoms with van der Waals surface area (Å²) in [6.07, 6.45) is 5.22. The van der Waals surface area contributed by atoms with Crippen molar-refractivity contribution in [2.45, 2.75) is 6.92 Å². The zero-order chi connectivity index (χ0) is 20.9. The highest BCUT2D eigenvalue weighted by Crippen LogP contribution is 2.34. The molecule has 0 saturated heterocycles. The summed E-state index contributed by atoms with van der Waals surface area (Å²) in [5, 5.41) is 5.24. The monoisotopic (exact) mass is 399 g/mol. The Labute approximate surface area is 174 Å². The fraction of sp³-hybridized carbons (Fsp3) is 0.125. The number of hydrogen-bond acceptors (Lipinski definition) is 6. The molecule has 0 unspecified atom stereocenters. The summed E-state index contributed by atoms with van der Waals surface area (Å²) in [6.45, 7) is 2.09. The van der Waals surface area contributed by atoms with Crippen molar-refractivity contribution in [3.63, 3.8) is 0 Å². The second-order valence-corrected chi connectivity index (χ2v) is 6.56. The normalized spacial score (nSPS) is 10.6. The summed E-state index contributed by atoms with van der Waals surface area (Å²) in [6, 6.07) is 17.3. The third-order valence-corrected chi connectivity index (χ3v) is 4.76. The van der Waals surface area contributed by atoms with Crippen LogP contribution < -0.4 is 10.1 Å². The lowest BCUT2D eigenvalue weighted by atomic mass is 9.98. The molecule has 0 spiro atoms. The van der Waals surface area contributed by atoms with Crippen LogP contribution in [0.2, 0.25) is 0 Å². The van der Waals surface area contributed by atoms with Crippen molar-refractivity contribution in [3.8, 4) is 16.9 Å². The molecule has 1 N–H and O–H groups in total. The lowest BCUT2D eigenvalue weighted by Gasteiger charge is -2.12. The maximum atomic E-state index is 12.2. The third-order valence-electron chi connectivity index (χ3n) is 4.76. The fourth-order valence-electron chi connectivity index (χ4n) is 3.34. The number of rotatable bonds is 6. The van der Waals surface area contributed by atoms with E-state index in [1.165, 1.54) is 0 Å². The van der Waals surface area contributed by atoms with Gasteiger partial charge in [0.15, 0.2) is 0 Å². The van der Waals surface area contributed by atoms with Crippen LogP contribution in [-0.2, 0) is 4.74 Å². The molecule has 0 aliphatic carbocycles. The van der Waals surface area contributed by atoms with Crippen LogP contribution in [0.15, 0.2) is 73.2 Å². The van der Waals surface area contributed by atoms with Gasteiger partial charge in [-0.15, -0.1) is 0 Å². The van der Waals surface area contributed by atoms with E-state index in [-0.39, 0.29) is 0 Å². The minimum Gasteiger partial charge on any atom is -0.496 e. The molecule has 0 saturated carbocycles. The quantitative estimate of drug-likeness (QED) is 0.448. The Morgan fingerprint density at radius 2 is 1.83 bits per heavy atom. The topological polar surface area (TPSA) is 73.3 Å². The van der Waals surface area contributed by atoms with E-state index in [0.717, 1.165) is 33.3 Å². The number of nitrogens with zero attached hydrogens (tertiary/aromatic N) is 2. The Bertz CT molecular complexity index is 1190. The van der Waals surface area contributed by atoms with Crippen molar-refractivity contribution in [3.05, 3.63) is 78.8 Å². The van der Waals surface area contributed by atoms with Gasteiger partial charge in [-0.3, -0.25) is 4.98 Å². The molecule has 0 fully saturated rings.